The largest absolute Gasteiger partial charge is 0.472 e. The molecule has 1 saturated carbocycles. The molecule has 3 fully saturated rings. The predicted molar refractivity (Wildman–Crippen MR) is 156 cm³/mol. The molecule has 11 heteroatoms. The van der Waals surface area contributed by atoms with Crippen LogP contribution in [0, 0.1) is 38.2 Å². The smallest absolute Gasteiger partial charge is 0.316 e. The average Bonchev–Trinajstić information content (AvgIpc) is 3.77. The summed E-state index contributed by atoms with van der Waals surface area (Å²) in [6.45, 7) is 7.54. The van der Waals surface area contributed by atoms with Crippen molar-refractivity contribution < 1.29 is 43.0 Å². The fourth-order valence-corrected chi connectivity index (χ4v) is 9.79. The Morgan fingerprint density at radius 1 is 1.16 bits per heavy atom. The van der Waals surface area contributed by atoms with Gasteiger partial charge in [-0.25, -0.2) is 0 Å². The number of ether oxygens (including phenoxy) is 3. The molecule has 5 aliphatic rings. The number of carbonyl (C=O) groups excluding carboxylic acids is 3. The number of ketones is 1. The molecule has 3 heterocycles. The normalized spacial score (nSPS) is 38.7. The maximum Gasteiger partial charge on any atom is 0.316 e. The van der Waals surface area contributed by atoms with Crippen LogP contribution in [0.3, 0.4) is 0 Å². The molecule has 0 bridgehead atoms. The van der Waals surface area contributed by atoms with E-state index in [4.69, 9.17) is 18.6 Å². The summed E-state index contributed by atoms with van der Waals surface area (Å²) in [5.74, 6) is -2.79. The Balaban J connectivity index is 1.41. The van der Waals surface area contributed by atoms with Crippen LogP contribution in [0.2, 0.25) is 0 Å². The number of nitro groups is 1. The maximum absolute atomic E-state index is 15.0. The molecular formula is C34H35NO10. The SMILES string of the molecule is COC(=O)C[C@H]1[C@]2(C)C3=C(C)[C@H](c4ccoc4)C[C@@H]3O[C@@H]2C2OC(=O)[C@]3(C)C=C(C(O)c4ccc([N+](=O)[O-])cc4)C(=O)[C@@]1(C)C23. The zero-order chi connectivity index (χ0) is 32.2. The standard InChI is InChI=1S/C34H35NO10/c1-16-20(18-10-11-43-15-18)12-22-25(16)33(3)23(13-24(36)42-5)34(4)28-27(30(33)44-22)45-31(39)32(28,2)14-21(29(34)38)26(37)17-6-8-19(9-7-17)35(40)41/h6-11,14-15,20,22-23,26-28,30,37H,12-13H2,1-5H3/t20-,22+,23+,26?,27?,28?,30-,32-,33-,34-/m1/s1. The van der Waals surface area contributed by atoms with Crippen molar-refractivity contribution in [2.24, 2.45) is 28.1 Å². The third-order valence-corrected chi connectivity index (χ3v) is 11.7. The minimum atomic E-state index is -1.48. The Kier molecular flexibility index (Phi) is 6.39. The van der Waals surface area contributed by atoms with E-state index >= 15 is 0 Å². The summed E-state index contributed by atoms with van der Waals surface area (Å²) in [5, 5.41) is 22.9. The fraction of sp³-hybridized carbons (Fsp3) is 0.500. The zero-order valence-corrected chi connectivity index (χ0v) is 25.6. The Bertz CT molecular complexity index is 1690. The van der Waals surface area contributed by atoms with E-state index < -0.39 is 69.0 Å². The highest BCUT2D eigenvalue weighted by atomic mass is 16.6. The topological polar surface area (TPSA) is 155 Å². The van der Waals surface area contributed by atoms with Crippen LogP contribution in [0.5, 0.6) is 0 Å². The van der Waals surface area contributed by atoms with Crippen molar-refractivity contribution in [1.29, 1.82) is 0 Å². The summed E-state index contributed by atoms with van der Waals surface area (Å²) in [6.07, 6.45) is 2.19. The molecule has 11 nitrogen and oxygen atoms in total. The number of aliphatic hydroxyl groups excluding tert-OH is 1. The van der Waals surface area contributed by atoms with Gasteiger partial charge in [0, 0.05) is 40.4 Å². The number of nitrogens with zero attached hydrogens (tertiary/aromatic N) is 1. The van der Waals surface area contributed by atoms with Gasteiger partial charge in [0.15, 0.2) is 5.78 Å². The van der Waals surface area contributed by atoms with Gasteiger partial charge in [0.05, 0.1) is 42.5 Å². The lowest BCUT2D eigenvalue weighted by atomic mass is 9.41. The average molecular weight is 618 g/mol. The molecule has 7 rings (SSSR count). The molecule has 1 aromatic carbocycles. The third-order valence-electron chi connectivity index (χ3n) is 11.7. The number of furan rings is 1. The van der Waals surface area contributed by atoms with Crippen molar-refractivity contribution in [2.75, 3.05) is 7.11 Å². The molecule has 3 unspecified atom stereocenters. The van der Waals surface area contributed by atoms with Crippen LogP contribution in [0.15, 0.2) is 70.1 Å². The second-order valence-electron chi connectivity index (χ2n) is 13.7. The van der Waals surface area contributed by atoms with Crippen LogP contribution in [-0.4, -0.2) is 53.2 Å². The van der Waals surface area contributed by atoms with Crippen molar-refractivity contribution in [3.63, 3.8) is 0 Å². The van der Waals surface area contributed by atoms with Gasteiger partial charge >= 0.3 is 11.9 Å². The van der Waals surface area contributed by atoms with E-state index in [1.807, 2.05) is 19.9 Å². The highest BCUT2D eigenvalue weighted by molar-refractivity contribution is 6.05. The molecule has 1 aromatic heterocycles. The van der Waals surface area contributed by atoms with Gasteiger partial charge in [0.25, 0.3) is 5.69 Å². The Morgan fingerprint density at radius 2 is 1.87 bits per heavy atom. The van der Waals surface area contributed by atoms with Crippen LogP contribution >= 0.6 is 0 Å². The van der Waals surface area contributed by atoms with Gasteiger partial charge in [-0.2, -0.15) is 0 Å². The molecule has 0 amide bonds. The summed E-state index contributed by atoms with van der Waals surface area (Å²) >= 11 is 0. The molecule has 236 valence electrons. The predicted octanol–water partition coefficient (Wildman–Crippen LogP) is 4.76. The van der Waals surface area contributed by atoms with Gasteiger partial charge in [-0.15, -0.1) is 0 Å². The summed E-state index contributed by atoms with van der Waals surface area (Å²) < 4.78 is 23.5. The summed E-state index contributed by atoms with van der Waals surface area (Å²) in [7, 11) is 1.30. The van der Waals surface area contributed by atoms with Crippen molar-refractivity contribution in [3.8, 4) is 0 Å². The number of aliphatic hydroxyl groups is 1. The molecule has 0 spiro atoms. The molecule has 2 saturated heterocycles. The Labute approximate surface area is 259 Å². The minimum Gasteiger partial charge on any atom is -0.472 e. The molecule has 45 heavy (non-hydrogen) atoms. The molecule has 3 aliphatic carbocycles. The second-order valence-corrected chi connectivity index (χ2v) is 13.7. The minimum absolute atomic E-state index is 0.0107. The number of non-ortho nitro benzene ring substituents is 1. The van der Waals surface area contributed by atoms with E-state index in [2.05, 4.69) is 0 Å². The van der Waals surface area contributed by atoms with Crippen LogP contribution in [-0.2, 0) is 28.6 Å². The van der Waals surface area contributed by atoms with Gasteiger partial charge < -0.3 is 23.7 Å². The van der Waals surface area contributed by atoms with Crippen molar-refractivity contribution in [3.05, 3.63) is 86.9 Å². The molecule has 1 N–H and O–H groups in total. The van der Waals surface area contributed by atoms with E-state index in [-0.39, 0.29) is 35.3 Å². The highest BCUT2D eigenvalue weighted by Gasteiger charge is 2.78. The number of carbonyl (C=O) groups is 3. The molecule has 10 atom stereocenters. The fourth-order valence-electron chi connectivity index (χ4n) is 9.79. The van der Waals surface area contributed by atoms with E-state index in [0.717, 1.165) is 16.7 Å². The maximum atomic E-state index is 15.0. The lowest BCUT2D eigenvalue weighted by Crippen LogP contribution is -2.67. The monoisotopic (exact) mass is 617 g/mol. The van der Waals surface area contributed by atoms with Gasteiger partial charge in [0.1, 0.15) is 18.3 Å². The van der Waals surface area contributed by atoms with E-state index in [9.17, 15) is 29.6 Å². The molecule has 2 aliphatic heterocycles. The van der Waals surface area contributed by atoms with Gasteiger partial charge in [0.2, 0.25) is 0 Å². The van der Waals surface area contributed by atoms with Crippen LogP contribution in [0.1, 0.15) is 63.7 Å². The first-order valence-corrected chi connectivity index (χ1v) is 15.1. The van der Waals surface area contributed by atoms with Crippen LogP contribution in [0.25, 0.3) is 0 Å². The number of Topliss-reactive ketones (excluding diaryl/α,β-unsaturated/α-hetero) is 1. The Morgan fingerprint density at radius 3 is 2.49 bits per heavy atom. The number of esters is 2. The van der Waals surface area contributed by atoms with Crippen molar-refractivity contribution in [1.82, 2.24) is 0 Å². The first kappa shape index (κ1) is 29.6. The zero-order valence-electron chi connectivity index (χ0n) is 25.6. The van der Waals surface area contributed by atoms with Crippen molar-refractivity contribution in [2.45, 2.75) is 70.9 Å². The number of rotatable bonds is 6. The number of nitro benzene ring substituents is 1. The number of fused-ring (bicyclic) bond motifs is 4. The van der Waals surface area contributed by atoms with Crippen LogP contribution in [0.4, 0.5) is 5.69 Å². The number of methoxy groups -OCH3 is 1. The number of hydrogen-bond acceptors (Lipinski definition) is 10. The van der Waals surface area contributed by atoms with E-state index in [1.165, 1.54) is 37.5 Å². The number of allylic oxidation sites excluding steroid dienone is 1. The summed E-state index contributed by atoms with van der Waals surface area (Å²) in [5.41, 5.74) is -0.419. The third kappa shape index (κ3) is 3.74. The van der Waals surface area contributed by atoms with Gasteiger partial charge in [-0.05, 0) is 61.1 Å². The first-order chi connectivity index (χ1) is 21.3. The van der Waals surface area contributed by atoms with Crippen molar-refractivity contribution >= 4 is 23.4 Å². The lowest BCUT2D eigenvalue weighted by molar-refractivity contribution is -0.384. The number of hydrogen-bond donors (Lipinski definition) is 1. The van der Waals surface area contributed by atoms with Crippen LogP contribution < -0.4 is 0 Å². The quantitative estimate of drug-likeness (QED) is 0.208. The highest BCUT2D eigenvalue weighted by Crippen LogP contribution is 2.73. The molecule has 0 radical (unpaired) electrons. The summed E-state index contributed by atoms with van der Waals surface area (Å²) in [6, 6.07) is 7.22. The first-order valence-electron chi connectivity index (χ1n) is 15.1. The second kappa shape index (κ2) is 9.70. The Hall–Kier alpha value is -4.09. The summed E-state index contributed by atoms with van der Waals surface area (Å²) in [4.78, 5) is 52.7. The number of benzene rings is 1. The molecular weight excluding hydrogens is 582 g/mol. The van der Waals surface area contributed by atoms with E-state index in [0.29, 0.717) is 6.42 Å². The van der Waals surface area contributed by atoms with Gasteiger partial charge in [-0.3, -0.25) is 24.5 Å². The van der Waals surface area contributed by atoms with Gasteiger partial charge in [-0.1, -0.05) is 25.5 Å². The molecule has 2 aromatic rings. The van der Waals surface area contributed by atoms with E-state index in [1.54, 1.807) is 26.4 Å². The lowest BCUT2D eigenvalue weighted by Gasteiger charge is -2.60.